The number of sulfonamides is 1. The summed E-state index contributed by atoms with van der Waals surface area (Å²) in [5, 5.41) is 12.7. The first-order chi connectivity index (χ1) is 21.5. The Morgan fingerprint density at radius 2 is 1.58 bits per heavy atom. The molecule has 1 saturated heterocycles. The lowest BCUT2D eigenvalue weighted by Gasteiger charge is -2.38. The summed E-state index contributed by atoms with van der Waals surface area (Å²) in [5.41, 5.74) is 2.97. The molecule has 0 spiro atoms. The molecule has 1 aliphatic rings. The maximum Gasteiger partial charge on any atom is 0.326 e. The molecule has 1 aliphatic heterocycles. The van der Waals surface area contributed by atoms with E-state index in [4.69, 9.17) is 42.1 Å². The number of amides is 1. The largest absolute Gasteiger partial charge is 0.496 e. The number of ether oxygens (including phenoxy) is 4. The zero-order valence-corrected chi connectivity index (χ0v) is 27.2. The molecule has 2 unspecified atom stereocenters. The molecule has 3 aromatic rings. The van der Waals surface area contributed by atoms with Crippen molar-refractivity contribution in [3.8, 4) is 22.6 Å². The number of rotatable bonds is 15. The fourth-order valence-electron chi connectivity index (χ4n) is 4.90. The molecule has 0 radical (unpaired) electrons. The number of carbonyl (C=O) groups is 2. The fourth-order valence-corrected chi connectivity index (χ4v) is 7.26. The third kappa shape index (κ3) is 8.26. The van der Waals surface area contributed by atoms with Crippen LogP contribution in [0.15, 0.2) is 59.5 Å². The highest BCUT2D eigenvalue weighted by molar-refractivity contribution is 7.89. The van der Waals surface area contributed by atoms with E-state index in [1.165, 1.54) is 18.2 Å². The van der Waals surface area contributed by atoms with Crippen molar-refractivity contribution in [3.05, 3.63) is 75.8 Å². The Balaban J connectivity index is 1.46. The quantitative estimate of drug-likeness (QED) is 0.223. The molecule has 1 fully saturated rings. The van der Waals surface area contributed by atoms with Crippen LogP contribution in [0.4, 0.5) is 0 Å². The van der Waals surface area contributed by atoms with E-state index in [-0.39, 0.29) is 34.3 Å². The summed E-state index contributed by atoms with van der Waals surface area (Å²) >= 11 is 12.0. The number of hydrogen-bond donors (Lipinski definition) is 2. The summed E-state index contributed by atoms with van der Waals surface area (Å²) in [5.74, 6) is -0.816. The highest BCUT2D eigenvalue weighted by Gasteiger charge is 2.43. The zero-order chi connectivity index (χ0) is 32.7. The molecule has 0 aliphatic carbocycles. The molecule has 1 heterocycles. The molecule has 0 aromatic heterocycles. The third-order valence-corrected chi connectivity index (χ3v) is 9.60. The Morgan fingerprint density at radius 1 is 0.956 bits per heavy atom. The van der Waals surface area contributed by atoms with Gasteiger partial charge in [-0.05, 0) is 53.4 Å². The van der Waals surface area contributed by atoms with E-state index < -0.39 is 34.0 Å². The van der Waals surface area contributed by atoms with Crippen LogP contribution in [0.5, 0.6) is 11.5 Å². The predicted octanol–water partition coefficient (Wildman–Crippen LogP) is 4.42. The first-order valence-corrected chi connectivity index (χ1v) is 16.1. The first-order valence-electron chi connectivity index (χ1n) is 13.9. The van der Waals surface area contributed by atoms with Gasteiger partial charge in [-0.3, -0.25) is 4.79 Å². The van der Waals surface area contributed by atoms with Gasteiger partial charge >= 0.3 is 5.97 Å². The number of methoxy groups -OCH3 is 3. The predicted molar refractivity (Wildman–Crippen MR) is 169 cm³/mol. The van der Waals surface area contributed by atoms with Crippen molar-refractivity contribution in [3.63, 3.8) is 0 Å². The number of carboxylic acids is 1. The summed E-state index contributed by atoms with van der Waals surface area (Å²) in [6.45, 7) is 1.36. The van der Waals surface area contributed by atoms with Crippen LogP contribution in [0.2, 0.25) is 10.0 Å². The van der Waals surface area contributed by atoms with Gasteiger partial charge in [-0.1, -0.05) is 47.5 Å². The third-order valence-electron chi connectivity index (χ3n) is 7.28. The fraction of sp³-hybridized carbons (Fsp3) is 0.355. The monoisotopic (exact) mass is 680 g/mol. The molecule has 11 nitrogen and oxygen atoms in total. The number of carboxylic acid groups (broad SMARTS) is 1. The summed E-state index contributed by atoms with van der Waals surface area (Å²) in [7, 11) is 0.631. The Labute approximate surface area is 272 Å². The molecule has 14 heteroatoms. The molecule has 0 saturated carbocycles. The number of nitrogens with zero attached hydrogens (tertiary/aromatic N) is 1. The molecular formula is C31H34Cl2N2O9S. The second kappa shape index (κ2) is 15.3. The van der Waals surface area contributed by atoms with Crippen molar-refractivity contribution in [2.24, 2.45) is 0 Å². The minimum absolute atomic E-state index is 0.0310. The van der Waals surface area contributed by atoms with Crippen LogP contribution in [0.1, 0.15) is 17.5 Å². The molecule has 2 atom stereocenters. The van der Waals surface area contributed by atoms with Gasteiger partial charge in [-0.2, -0.15) is 4.31 Å². The van der Waals surface area contributed by atoms with Crippen LogP contribution in [0.3, 0.4) is 0 Å². The van der Waals surface area contributed by atoms with Gasteiger partial charge in [0, 0.05) is 30.1 Å². The van der Waals surface area contributed by atoms with E-state index in [2.05, 4.69) is 5.32 Å². The van der Waals surface area contributed by atoms with Gasteiger partial charge in [0.05, 0.1) is 44.5 Å². The average molecular weight is 682 g/mol. The highest BCUT2D eigenvalue weighted by Crippen LogP contribution is 2.40. The van der Waals surface area contributed by atoms with E-state index in [0.717, 1.165) is 15.4 Å². The molecule has 1 amide bonds. The molecule has 2 N–H and O–H groups in total. The van der Waals surface area contributed by atoms with Gasteiger partial charge in [-0.25, -0.2) is 13.2 Å². The van der Waals surface area contributed by atoms with Crippen molar-refractivity contribution in [1.29, 1.82) is 0 Å². The number of halogens is 2. The van der Waals surface area contributed by atoms with Crippen LogP contribution >= 0.6 is 23.2 Å². The van der Waals surface area contributed by atoms with Crippen molar-refractivity contribution >= 4 is 45.1 Å². The number of hydrogen-bond acceptors (Lipinski definition) is 8. The van der Waals surface area contributed by atoms with Crippen LogP contribution < -0.4 is 14.8 Å². The lowest BCUT2D eigenvalue weighted by molar-refractivity contribution is -0.143. The maximum atomic E-state index is 13.2. The summed E-state index contributed by atoms with van der Waals surface area (Å²) in [4.78, 5) is 25.1. The Morgan fingerprint density at radius 3 is 2.09 bits per heavy atom. The van der Waals surface area contributed by atoms with Gasteiger partial charge in [0.15, 0.2) is 0 Å². The normalized spacial score (nSPS) is 15.6. The second-order valence-corrected chi connectivity index (χ2v) is 13.0. The van der Waals surface area contributed by atoms with Crippen molar-refractivity contribution in [2.75, 3.05) is 41.1 Å². The first kappa shape index (κ1) is 34.5. The molecule has 242 valence electrons. The smallest absolute Gasteiger partial charge is 0.326 e. The topological polar surface area (TPSA) is 141 Å². The number of benzene rings is 3. The van der Waals surface area contributed by atoms with Gasteiger partial charge < -0.3 is 29.4 Å². The average Bonchev–Trinajstić information content (AvgIpc) is 2.97. The van der Waals surface area contributed by atoms with E-state index in [1.54, 1.807) is 33.5 Å². The summed E-state index contributed by atoms with van der Waals surface area (Å²) in [6, 6.07) is 12.4. The second-order valence-electron chi connectivity index (χ2n) is 10.2. The van der Waals surface area contributed by atoms with Crippen molar-refractivity contribution in [2.45, 2.75) is 36.4 Å². The van der Waals surface area contributed by atoms with E-state index >= 15 is 0 Å². The lowest BCUT2D eigenvalue weighted by Crippen LogP contribution is -2.60. The lowest BCUT2D eigenvalue weighted by atomic mass is 9.97. The molecule has 4 rings (SSSR count). The number of aliphatic carboxylic acids is 1. The minimum Gasteiger partial charge on any atom is -0.496 e. The highest BCUT2D eigenvalue weighted by atomic mass is 35.5. The maximum absolute atomic E-state index is 13.2. The SMILES string of the molecule is COCCOCc1cc(OC)c(-c2ccc(CC(NC(=O)C3CCN3S(=O)(=O)c3cc(Cl)cc(Cl)c3)C(=O)O)cc2)c(OC)c1. The van der Waals surface area contributed by atoms with E-state index in [1.807, 2.05) is 24.3 Å². The molecule has 45 heavy (non-hydrogen) atoms. The van der Waals surface area contributed by atoms with Gasteiger partial charge in [0.1, 0.15) is 23.6 Å². The molecule has 0 bridgehead atoms. The summed E-state index contributed by atoms with van der Waals surface area (Å²) in [6.07, 6.45) is 0.207. The van der Waals surface area contributed by atoms with Gasteiger partial charge in [0.2, 0.25) is 15.9 Å². The van der Waals surface area contributed by atoms with Crippen molar-refractivity contribution in [1.82, 2.24) is 9.62 Å². The van der Waals surface area contributed by atoms with E-state index in [9.17, 15) is 23.1 Å². The minimum atomic E-state index is -4.09. The molecular weight excluding hydrogens is 647 g/mol. The standard InChI is InChI=1S/C31H34Cl2N2O9S/c1-41-10-11-44-18-20-13-27(42-2)29(28(14-20)43-3)21-6-4-19(5-7-21)12-25(31(37)38)34-30(36)26-8-9-35(26)45(39,40)24-16-22(32)15-23(33)17-24/h4-7,13-17,25-26H,8-12,18H2,1-3H3,(H,34,36)(H,37,38). The van der Waals surface area contributed by atoms with Crippen LogP contribution in [0, 0.1) is 0 Å². The van der Waals surface area contributed by atoms with Crippen molar-refractivity contribution < 1.29 is 42.1 Å². The van der Waals surface area contributed by atoms with Gasteiger partial charge in [-0.15, -0.1) is 0 Å². The van der Waals surface area contributed by atoms with E-state index in [0.29, 0.717) is 42.4 Å². The van der Waals surface area contributed by atoms with Crippen LogP contribution in [-0.4, -0.2) is 82.9 Å². The zero-order valence-electron chi connectivity index (χ0n) is 24.9. The Hall–Kier alpha value is -3.39. The van der Waals surface area contributed by atoms with Gasteiger partial charge in [0.25, 0.3) is 0 Å². The number of carbonyl (C=O) groups excluding carboxylic acids is 1. The Bertz CT molecular complexity index is 1590. The number of nitrogens with one attached hydrogen (secondary N) is 1. The van der Waals surface area contributed by atoms with Crippen LogP contribution in [-0.2, 0) is 42.1 Å². The Kier molecular flexibility index (Phi) is 11.7. The molecule has 3 aromatic carbocycles. The van der Waals surface area contributed by atoms with Crippen LogP contribution in [0.25, 0.3) is 11.1 Å². The summed E-state index contributed by atoms with van der Waals surface area (Å²) < 4.78 is 49.3.